The van der Waals surface area contributed by atoms with E-state index in [1.165, 1.54) is 16.4 Å². The molecule has 0 aromatic heterocycles. The summed E-state index contributed by atoms with van der Waals surface area (Å²) in [7, 11) is -3.86. The van der Waals surface area contributed by atoms with Crippen LogP contribution in [0.2, 0.25) is 10.0 Å². The van der Waals surface area contributed by atoms with Gasteiger partial charge in [0.2, 0.25) is 15.9 Å². The predicted molar refractivity (Wildman–Crippen MR) is 112 cm³/mol. The van der Waals surface area contributed by atoms with Crippen molar-refractivity contribution in [2.45, 2.75) is 17.7 Å². The molecule has 0 unspecified atom stereocenters. The predicted octanol–water partition coefficient (Wildman–Crippen LogP) is 3.49. The highest BCUT2D eigenvalue weighted by molar-refractivity contribution is 7.89. The molecule has 29 heavy (non-hydrogen) atoms. The Morgan fingerprint density at radius 1 is 0.828 bits per heavy atom. The first-order valence-corrected chi connectivity index (χ1v) is 11.3. The Labute approximate surface area is 180 Å². The number of nitrogens with zero attached hydrogens (tertiary/aromatic N) is 2. The number of carbonyl (C=O) groups excluding carboxylic acids is 2. The number of hydrogen-bond acceptors (Lipinski definition) is 4. The van der Waals surface area contributed by atoms with Crippen LogP contribution in [-0.4, -0.2) is 55.5 Å². The van der Waals surface area contributed by atoms with Crippen molar-refractivity contribution in [3.63, 3.8) is 0 Å². The van der Waals surface area contributed by atoms with E-state index in [0.29, 0.717) is 5.56 Å². The van der Waals surface area contributed by atoms with Crippen LogP contribution in [0.3, 0.4) is 0 Å². The van der Waals surface area contributed by atoms with E-state index in [1.807, 2.05) is 6.07 Å². The number of carbonyl (C=O) groups is 2. The van der Waals surface area contributed by atoms with Crippen molar-refractivity contribution in [2.24, 2.45) is 0 Å². The molecule has 1 amide bonds. The van der Waals surface area contributed by atoms with E-state index in [9.17, 15) is 18.0 Å². The number of benzene rings is 2. The van der Waals surface area contributed by atoms with Crippen molar-refractivity contribution in [1.82, 2.24) is 9.21 Å². The molecule has 3 rings (SSSR count). The molecule has 0 saturated carbocycles. The average Bonchev–Trinajstić information content (AvgIpc) is 2.72. The molecule has 0 bridgehead atoms. The van der Waals surface area contributed by atoms with Crippen molar-refractivity contribution in [1.29, 1.82) is 0 Å². The molecule has 1 heterocycles. The van der Waals surface area contributed by atoms with Crippen LogP contribution in [0.25, 0.3) is 0 Å². The molecule has 154 valence electrons. The van der Waals surface area contributed by atoms with E-state index < -0.39 is 10.0 Å². The Bertz CT molecular complexity index is 984. The Morgan fingerprint density at radius 3 is 2.00 bits per heavy atom. The number of rotatable bonds is 6. The highest BCUT2D eigenvalue weighted by Crippen LogP contribution is 2.31. The van der Waals surface area contributed by atoms with Crippen LogP contribution in [-0.2, 0) is 14.8 Å². The minimum absolute atomic E-state index is 0.0652. The maximum atomic E-state index is 12.9. The van der Waals surface area contributed by atoms with Crippen molar-refractivity contribution in [2.75, 3.05) is 26.2 Å². The van der Waals surface area contributed by atoms with E-state index in [-0.39, 0.29) is 65.7 Å². The monoisotopic (exact) mass is 454 g/mol. The molecule has 1 saturated heterocycles. The number of halogens is 2. The van der Waals surface area contributed by atoms with Gasteiger partial charge in [0.05, 0.1) is 10.0 Å². The summed E-state index contributed by atoms with van der Waals surface area (Å²) < 4.78 is 27.0. The first-order valence-electron chi connectivity index (χ1n) is 9.11. The number of ketones is 1. The van der Waals surface area contributed by atoms with Gasteiger partial charge in [0.25, 0.3) is 0 Å². The summed E-state index contributed by atoms with van der Waals surface area (Å²) in [5.74, 6) is -0.254. The van der Waals surface area contributed by atoms with Crippen molar-refractivity contribution < 1.29 is 18.0 Å². The Morgan fingerprint density at radius 2 is 1.41 bits per heavy atom. The van der Waals surface area contributed by atoms with Gasteiger partial charge in [-0.2, -0.15) is 4.31 Å². The molecule has 9 heteroatoms. The summed E-state index contributed by atoms with van der Waals surface area (Å²) in [6.07, 6.45) is 0.216. The highest BCUT2D eigenvalue weighted by Gasteiger charge is 2.32. The normalized spacial score (nSPS) is 15.3. The molecule has 1 aliphatic heterocycles. The van der Waals surface area contributed by atoms with Gasteiger partial charge in [0.15, 0.2) is 5.78 Å². The van der Waals surface area contributed by atoms with Crippen LogP contribution in [0.15, 0.2) is 53.4 Å². The lowest BCUT2D eigenvalue weighted by atomic mass is 10.1. The molecule has 0 atom stereocenters. The number of piperazine rings is 1. The minimum Gasteiger partial charge on any atom is -0.340 e. The lowest BCUT2D eigenvalue weighted by Crippen LogP contribution is -2.50. The van der Waals surface area contributed by atoms with Gasteiger partial charge in [-0.05, 0) is 12.1 Å². The van der Waals surface area contributed by atoms with E-state index in [1.54, 1.807) is 35.2 Å². The Kier molecular flexibility index (Phi) is 6.95. The van der Waals surface area contributed by atoms with Gasteiger partial charge in [-0.25, -0.2) is 8.42 Å². The second kappa shape index (κ2) is 9.26. The topological polar surface area (TPSA) is 74.8 Å². The van der Waals surface area contributed by atoms with Crippen LogP contribution >= 0.6 is 23.2 Å². The van der Waals surface area contributed by atoms with E-state index in [4.69, 9.17) is 23.2 Å². The molecule has 0 spiro atoms. The van der Waals surface area contributed by atoms with Crippen molar-refractivity contribution in [3.05, 3.63) is 64.1 Å². The third-order valence-corrected chi connectivity index (χ3v) is 7.62. The SMILES string of the molecule is O=C(CCC(=O)N1CCN(S(=O)(=O)c2c(Cl)cccc2Cl)CC1)c1ccccc1. The number of sulfonamides is 1. The second-order valence-corrected chi connectivity index (χ2v) is 9.31. The molecule has 1 fully saturated rings. The summed E-state index contributed by atoms with van der Waals surface area (Å²) in [5, 5.41) is 0.130. The molecule has 0 aliphatic carbocycles. The minimum atomic E-state index is -3.86. The molecule has 2 aromatic carbocycles. The van der Waals surface area contributed by atoms with Crippen LogP contribution in [0.1, 0.15) is 23.2 Å². The quantitative estimate of drug-likeness (QED) is 0.625. The second-order valence-electron chi connectivity index (χ2n) is 6.62. The van der Waals surface area contributed by atoms with Gasteiger partial charge >= 0.3 is 0 Å². The lowest BCUT2D eigenvalue weighted by Gasteiger charge is -2.34. The molecule has 0 radical (unpaired) electrons. The van der Waals surface area contributed by atoms with Gasteiger partial charge in [-0.3, -0.25) is 9.59 Å². The fourth-order valence-corrected chi connectivity index (χ4v) is 5.70. The number of Topliss-reactive ketones (excluding diaryl/α,β-unsaturated/α-hetero) is 1. The van der Waals surface area contributed by atoms with E-state index >= 15 is 0 Å². The van der Waals surface area contributed by atoms with Gasteiger partial charge < -0.3 is 4.90 Å². The van der Waals surface area contributed by atoms with Crippen molar-refractivity contribution >= 4 is 44.9 Å². The van der Waals surface area contributed by atoms with Gasteiger partial charge in [0, 0.05) is 44.6 Å². The Hall–Kier alpha value is -1.93. The average molecular weight is 455 g/mol. The number of hydrogen-bond donors (Lipinski definition) is 0. The Balaban J connectivity index is 1.57. The first kappa shape index (κ1) is 21.8. The zero-order valence-corrected chi connectivity index (χ0v) is 17.9. The zero-order valence-electron chi connectivity index (χ0n) is 15.6. The van der Waals surface area contributed by atoms with Crippen LogP contribution in [0.4, 0.5) is 0 Å². The molecule has 2 aromatic rings. The summed E-state index contributed by atoms with van der Waals surface area (Å²) in [4.78, 5) is 26.1. The molecule has 6 nitrogen and oxygen atoms in total. The maximum absolute atomic E-state index is 12.9. The standard InChI is InChI=1S/C20H20Cl2N2O4S/c21-16-7-4-8-17(22)20(16)29(27,28)24-13-11-23(12-14-24)19(26)10-9-18(25)15-5-2-1-3-6-15/h1-8H,9-14H2. The fourth-order valence-electron chi connectivity index (χ4n) is 3.18. The molecular weight excluding hydrogens is 435 g/mol. The van der Waals surface area contributed by atoms with E-state index in [0.717, 1.165) is 0 Å². The largest absolute Gasteiger partial charge is 0.340 e. The molecular formula is C20H20Cl2N2O4S. The van der Waals surface area contributed by atoms with Crippen LogP contribution in [0.5, 0.6) is 0 Å². The number of amides is 1. The fraction of sp³-hybridized carbons (Fsp3) is 0.300. The smallest absolute Gasteiger partial charge is 0.246 e. The van der Waals surface area contributed by atoms with Crippen LogP contribution in [0, 0.1) is 0 Å². The van der Waals surface area contributed by atoms with Crippen LogP contribution < -0.4 is 0 Å². The lowest BCUT2D eigenvalue weighted by molar-refractivity contribution is -0.132. The van der Waals surface area contributed by atoms with Crippen molar-refractivity contribution in [3.8, 4) is 0 Å². The summed E-state index contributed by atoms with van der Waals surface area (Å²) in [6.45, 7) is 0.782. The van der Waals surface area contributed by atoms with Gasteiger partial charge in [-0.1, -0.05) is 59.6 Å². The summed E-state index contributed by atoms with van der Waals surface area (Å²) in [6, 6.07) is 13.3. The summed E-state index contributed by atoms with van der Waals surface area (Å²) in [5.41, 5.74) is 0.577. The van der Waals surface area contributed by atoms with E-state index in [2.05, 4.69) is 0 Å². The maximum Gasteiger partial charge on any atom is 0.246 e. The summed E-state index contributed by atoms with van der Waals surface area (Å²) >= 11 is 12.1. The zero-order chi connectivity index (χ0) is 21.0. The van der Waals surface area contributed by atoms with Gasteiger partial charge in [-0.15, -0.1) is 0 Å². The third-order valence-electron chi connectivity index (χ3n) is 4.77. The molecule has 0 N–H and O–H groups in total. The molecule has 1 aliphatic rings. The third kappa shape index (κ3) is 4.98. The van der Waals surface area contributed by atoms with Gasteiger partial charge in [0.1, 0.15) is 4.90 Å². The first-order chi connectivity index (χ1) is 13.8. The highest BCUT2D eigenvalue weighted by atomic mass is 35.5.